The molecule has 1 heterocycles. The highest BCUT2D eigenvalue weighted by Gasteiger charge is 2.60. The van der Waals surface area contributed by atoms with Crippen LogP contribution in [-0.2, 0) is 21.2 Å². The topological polar surface area (TPSA) is 86.7 Å². The molecule has 0 unspecified atom stereocenters. The lowest BCUT2D eigenvalue weighted by Crippen LogP contribution is -2.57. The van der Waals surface area contributed by atoms with Crippen LogP contribution in [0.2, 0.25) is 0 Å². The molecule has 1 aliphatic carbocycles. The lowest BCUT2D eigenvalue weighted by Gasteiger charge is -2.40. The summed E-state index contributed by atoms with van der Waals surface area (Å²) < 4.78 is 72.7. The summed E-state index contributed by atoms with van der Waals surface area (Å²) in [6.45, 7) is 4.03. The van der Waals surface area contributed by atoms with Crippen LogP contribution in [-0.4, -0.2) is 60.2 Å². The number of alkyl halides is 2. The van der Waals surface area contributed by atoms with Gasteiger partial charge in [0.1, 0.15) is 17.5 Å². The van der Waals surface area contributed by atoms with Crippen LogP contribution in [0.1, 0.15) is 42.9 Å². The molecule has 2 aromatic carbocycles. The molecule has 1 saturated heterocycles. The van der Waals surface area contributed by atoms with Crippen LogP contribution in [0.3, 0.4) is 0 Å². The molecule has 0 radical (unpaired) electrons. The summed E-state index contributed by atoms with van der Waals surface area (Å²) in [7, 11) is -4.07. The molecular formula is C26H31F3N2O4S. The Kier molecular flexibility index (Phi) is 7.00. The minimum Gasteiger partial charge on any atom is -0.380 e. The summed E-state index contributed by atoms with van der Waals surface area (Å²) in [5, 5.41) is 10.6. The molecule has 2 aromatic rings. The van der Waals surface area contributed by atoms with E-state index in [4.69, 9.17) is 0 Å². The summed E-state index contributed by atoms with van der Waals surface area (Å²) in [5.74, 6) is -5.53. The van der Waals surface area contributed by atoms with Crippen molar-refractivity contribution in [3.63, 3.8) is 0 Å². The molecule has 2 aliphatic rings. The smallest absolute Gasteiger partial charge is 0.283 e. The predicted octanol–water partition coefficient (Wildman–Crippen LogP) is 3.72. The lowest BCUT2D eigenvalue weighted by molar-refractivity contribution is -0.162. The number of hydrogen-bond acceptors (Lipinski definition) is 4. The minimum absolute atomic E-state index is 0.0773. The molecule has 196 valence electrons. The first kappa shape index (κ1) is 26.6. The van der Waals surface area contributed by atoms with E-state index in [0.717, 1.165) is 16.0 Å². The number of rotatable bonds is 7. The maximum absolute atomic E-state index is 15.8. The van der Waals surface area contributed by atoms with Gasteiger partial charge in [0.25, 0.3) is 11.8 Å². The number of sulfonamides is 1. The monoisotopic (exact) mass is 524 g/mol. The molecule has 2 atom stereocenters. The van der Waals surface area contributed by atoms with E-state index < -0.39 is 57.7 Å². The Morgan fingerprint density at radius 2 is 1.81 bits per heavy atom. The van der Waals surface area contributed by atoms with Crippen molar-refractivity contribution in [2.45, 2.75) is 70.1 Å². The van der Waals surface area contributed by atoms with Gasteiger partial charge in [0.15, 0.2) is 0 Å². The van der Waals surface area contributed by atoms with Crippen LogP contribution < -0.4 is 4.72 Å². The van der Waals surface area contributed by atoms with Crippen LogP contribution in [0.4, 0.5) is 13.2 Å². The molecule has 0 aromatic heterocycles. The Hall–Kier alpha value is -2.43. The van der Waals surface area contributed by atoms with Crippen LogP contribution in [0.15, 0.2) is 36.4 Å². The van der Waals surface area contributed by atoms with Crippen molar-refractivity contribution >= 4 is 15.9 Å². The quantitative estimate of drug-likeness (QED) is 0.578. The van der Waals surface area contributed by atoms with Gasteiger partial charge >= 0.3 is 0 Å². The third-order valence-corrected chi connectivity index (χ3v) is 8.56. The van der Waals surface area contributed by atoms with Crippen LogP contribution in [0.5, 0.6) is 0 Å². The van der Waals surface area contributed by atoms with Crippen molar-refractivity contribution in [1.82, 2.24) is 9.62 Å². The first-order valence-electron chi connectivity index (χ1n) is 12.0. The van der Waals surface area contributed by atoms with Crippen molar-refractivity contribution in [3.05, 3.63) is 58.9 Å². The fraction of sp³-hybridized carbons (Fsp3) is 0.500. The first-order chi connectivity index (χ1) is 16.8. The van der Waals surface area contributed by atoms with E-state index in [1.54, 1.807) is 12.1 Å². The maximum atomic E-state index is 15.8. The maximum Gasteiger partial charge on any atom is 0.283 e. The van der Waals surface area contributed by atoms with E-state index in [9.17, 15) is 18.3 Å². The summed E-state index contributed by atoms with van der Waals surface area (Å²) in [6, 6.07) is 6.89. The van der Waals surface area contributed by atoms with Gasteiger partial charge < -0.3 is 10.0 Å². The number of carbonyl (C=O) groups excluding carboxylic acids is 1. The zero-order valence-corrected chi connectivity index (χ0v) is 21.3. The highest BCUT2D eigenvalue weighted by atomic mass is 32.2. The number of hydrogen-bond donors (Lipinski definition) is 2. The fourth-order valence-electron chi connectivity index (χ4n) is 5.10. The van der Waals surface area contributed by atoms with Crippen molar-refractivity contribution < 1.29 is 31.5 Å². The molecule has 2 fully saturated rings. The van der Waals surface area contributed by atoms with Gasteiger partial charge in [-0.2, -0.15) is 0 Å². The predicted molar refractivity (Wildman–Crippen MR) is 131 cm³/mol. The number of aliphatic hydroxyl groups is 1. The molecule has 6 nitrogen and oxygen atoms in total. The standard InChI is InChI=1S/C26H31F3N2O4S/c1-4-36(34,35)30-23-21(31(15-26(23,28)29)24(32)25(33)9-6-10-25)14-18-7-5-8-20(22(18)27)19-12-16(2)11-17(3)13-19/h5,7-8,11-13,21,23,30,33H,4,6,9-10,14-15H2,1-3H3/t21-,23+/m0/s1. The summed E-state index contributed by atoms with van der Waals surface area (Å²) in [4.78, 5) is 14.0. The van der Waals surface area contributed by atoms with Crippen LogP contribution >= 0.6 is 0 Å². The Balaban J connectivity index is 1.75. The van der Waals surface area contributed by atoms with Crippen molar-refractivity contribution in [1.29, 1.82) is 0 Å². The zero-order chi connectivity index (χ0) is 26.5. The number of benzene rings is 2. The van der Waals surface area contributed by atoms with Gasteiger partial charge in [0.05, 0.1) is 18.3 Å². The number of likely N-dealkylation sites (tertiary alicyclic amines) is 1. The van der Waals surface area contributed by atoms with Gasteiger partial charge in [-0.3, -0.25) is 4.79 Å². The average Bonchev–Trinajstić information content (AvgIpc) is 3.01. The fourth-order valence-corrected chi connectivity index (χ4v) is 5.99. The molecule has 1 aliphatic heterocycles. The number of carbonyl (C=O) groups is 1. The Morgan fingerprint density at radius 1 is 1.17 bits per heavy atom. The van der Waals surface area contributed by atoms with E-state index in [1.165, 1.54) is 13.0 Å². The van der Waals surface area contributed by atoms with E-state index in [2.05, 4.69) is 0 Å². The number of halogens is 3. The highest BCUT2D eigenvalue weighted by Crippen LogP contribution is 2.41. The Morgan fingerprint density at radius 3 is 2.36 bits per heavy atom. The van der Waals surface area contributed by atoms with Gasteiger partial charge in [-0.05, 0) is 57.6 Å². The Bertz CT molecular complexity index is 1260. The summed E-state index contributed by atoms with van der Waals surface area (Å²) >= 11 is 0. The van der Waals surface area contributed by atoms with Crippen molar-refractivity contribution in [2.75, 3.05) is 12.3 Å². The zero-order valence-electron chi connectivity index (χ0n) is 20.5. The van der Waals surface area contributed by atoms with Gasteiger partial charge in [-0.15, -0.1) is 0 Å². The van der Waals surface area contributed by atoms with Gasteiger partial charge in [0.2, 0.25) is 10.0 Å². The minimum atomic E-state index is -4.07. The van der Waals surface area contributed by atoms with Gasteiger partial charge in [-0.1, -0.05) is 47.5 Å². The SMILES string of the molecule is CCS(=O)(=O)N[C@@H]1[C@H](Cc2cccc(-c3cc(C)cc(C)c3)c2F)N(C(=O)C2(O)CCC2)CC1(F)F. The number of nitrogens with one attached hydrogen (secondary N) is 1. The van der Waals surface area contributed by atoms with E-state index in [-0.39, 0.29) is 30.4 Å². The van der Waals surface area contributed by atoms with E-state index in [0.29, 0.717) is 12.0 Å². The van der Waals surface area contributed by atoms with Crippen molar-refractivity contribution in [3.8, 4) is 11.1 Å². The number of nitrogens with zero attached hydrogens (tertiary/aromatic N) is 1. The molecule has 36 heavy (non-hydrogen) atoms. The second-order valence-electron chi connectivity index (χ2n) is 10.0. The van der Waals surface area contributed by atoms with E-state index in [1.807, 2.05) is 36.8 Å². The number of aryl methyl sites for hydroxylation is 2. The third-order valence-electron chi connectivity index (χ3n) is 7.19. The molecule has 10 heteroatoms. The molecule has 0 spiro atoms. The largest absolute Gasteiger partial charge is 0.380 e. The third kappa shape index (κ3) is 5.03. The molecule has 4 rings (SSSR count). The normalized spacial score (nSPS) is 22.9. The molecule has 0 bridgehead atoms. The lowest BCUT2D eigenvalue weighted by atomic mass is 9.79. The summed E-state index contributed by atoms with van der Waals surface area (Å²) in [6.07, 6.45) is 0.513. The molecular weight excluding hydrogens is 493 g/mol. The van der Waals surface area contributed by atoms with Crippen LogP contribution in [0, 0.1) is 19.7 Å². The Labute approximate surface area is 209 Å². The van der Waals surface area contributed by atoms with Gasteiger partial charge in [0, 0.05) is 5.56 Å². The second-order valence-corrected chi connectivity index (χ2v) is 12.0. The number of amides is 1. The van der Waals surface area contributed by atoms with Crippen LogP contribution in [0.25, 0.3) is 11.1 Å². The summed E-state index contributed by atoms with van der Waals surface area (Å²) in [5.41, 5.74) is 1.10. The second kappa shape index (κ2) is 9.46. The van der Waals surface area contributed by atoms with Crippen molar-refractivity contribution in [2.24, 2.45) is 0 Å². The first-order valence-corrected chi connectivity index (χ1v) is 13.7. The molecule has 1 amide bonds. The highest BCUT2D eigenvalue weighted by molar-refractivity contribution is 7.89. The van der Waals surface area contributed by atoms with E-state index >= 15 is 13.2 Å². The average molecular weight is 525 g/mol. The molecule has 1 saturated carbocycles. The van der Waals surface area contributed by atoms with Gasteiger partial charge in [-0.25, -0.2) is 26.3 Å². The molecule has 2 N–H and O–H groups in total.